The van der Waals surface area contributed by atoms with Gasteiger partial charge in [-0.3, -0.25) is 9.59 Å². The molecular formula is C44H88ClNaO10. The van der Waals surface area contributed by atoms with Gasteiger partial charge in [-0.2, -0.15) is 0 Å². The number of carbonyl (C=O) groups is 2. The molecule has 0 aromatic carbocycles. The van der Waals surface area contributed by atoms with Crippen LogP contribution in [-0.2, 0) is 19.1 Å². The number of carbonyl (C=O) groups excluding carboxylic acids is 1. The Morgan fingerprint density at radius 1 is 0.625 bits per heavy atom. The van der Waals surface area contributed by atoms with Gasteiger partial charge in [0.1, 0.15) is 31.0 Å². The van der Waals surface area contributed by atoms with Gasteiger partial charge in [0.25, 0.3) is 0 Å². The Kier molecular flexibility index (Phi) is 56.7. The molecule has 0 radical (unpaired) electrons. The van der Waals surface area contributed by atoms with Crippen LogP contribution in [0.25, 0.3) is 0 Å². The fraction of sp³-hybridized carbons (Fsp3) is 0.909. The number of carboxylic acids is 1. The summed E-state index contributed by atoms with van der Waals surface area (Å²) < 4.78 is 10.2. The van der Waals surface area contributed by atoms with Gasteiger partial charge in [0, 0.05) is 12.8 Å². The Hall–Kier alpha value is -0.270. The minimum atomic E-state index is -1.15. The number of aliphatic hydroxyl groups excluding tert-OH is 5. The summed E-state index contributed by atoms with van der Waals surface area (Å²) in [7, 11) is 0. The van der Waals surface area contributed by atoms with Crippen molar-refractivity contribution in [1.29, 1.82) is 0 Å². The number of rotatable bonds is 35. The van der Waals surface area contributed by atoms with Crippen LogP contribution in [0, 0.1) is 0 Å². The minimum absolute atomic E-state index is 0. The van der Waals surface area contributed by atoms with Crippen LogP contribution in [0.2, 0.25) is 0 Å². The van der Waals surface area contributed by atoms with E-state index in [-0.39, 0.29) is 74.4 Å². The van der Waals surface area contributed by atoms with E-state index in [9.17, 15) is 24.9 Å². The summed E-state index contributed by atoms with van der Waals surface area (Å²) in [4.78, 5) is 22.1. The number of ether oxygens (including phenoxy) is 2. The molecule has 4 atom stereocenters. The molecule has 0 saturated carbocycles. The first-order valence-electron chi connectivity index (χ1n) is 22.1. The third-order valence-electron chi connectivity index (χ3n) is 9.72. The molecule has 6 N–H and O–H groups in total. The molecule has 12 heteroatoms. The first-order valence-corrected chi connectivity index (χ1v) is 22.1. The molecule has 0 aromatic heterocycles. The summed E-state index contributed by atoms with van der Waals surface area (Å²) in [5.74, 6) is -1.00. The van der Waals surface area contributed by atoms with E-state index in [1.54, 1.807) is 0 Å². The van der Waals surface area contributed by atoms with Crippen LogP contribution in [0.5, 0.6) is 0 Å². The van der Waals surface area contributed by atoms with Gasteiger partial charge in [-0.15, -0.1) is 12.4 Å². The van der Waals surface area contributed by atoms with Crippen molar-refractivity contribution in [1.82, 2.24) is 0 Å². The summed E-state index contributed by atoms with van der Waals surface area (Å²) in [5, 5.41) is 52.7. The van der Waals surface area contributed by atoms with E-state index in [0.29, 0.717) is 12.8 Å². The predicted molar refractivity (Wildman–Crippen MR) is 234 cm³/mol. The second-order valence-corrected chi connectivity index (χ2v) is 15.0. The first kappa shape index (κ1) is 62.4. The molecule has 1 rings (SSSR count). The van der Waals surface area contributed by atoms with Crippen LogP contribution in [0.1, 0.15) is 206 Å². The maximum atomic E-state index is 11.7. The summed E-state index contributed by atoms with van der Waals surface area (Å²) >= 11 is 0. The molecule has 332 valence electrons. The summed E-state index contributed by atoms with van der Waals surface area (Å²) in [6.45, 7) is 4.02. The molecule has 0 amide bonds. The maximum absolute atomic E-state index is 11.7. The van der Waals surface area contributed by atoms with Crippen molar-refractivity contribution in [2.24, 2.45) is 0 Å². The van der Waals surface area contributed by atoms with Gasteiger partial charge in [0.05, 0.1) is 19.8 Å². The van der Waals surface area contributed by atoms with Gasteiger partial charge in [-0.05, 0) is 38.5 Å². The van der Waals surface area contributed by atoms with Crippen LogP contribution >= 0.6 is 12.4 Å². The van der Waals surface area contributed by atoms with Crippen LogP contribution in [0.3, 0.4) is 0 Å². The zero-order chi connectivity index (χ0) is 40.3. The van der Waals surface area contributed by atoms with E-state index in [1.165, 1.54) is 141 Å². The number of esters is 1. The average Bonchev–Trinajstić information content (AvgIpc) is 3.51. The van der Waals surface area contributed by atoms with E-state index in [4.69, 9.17) is 24.8 Å². The number of carboxylic acid groups (broad SMARTS) is 1. The number of unbranched alkanes of at least 4 members (excludes halogenated alkanes) is 25. The standard InChI is InChI=1S/C24H44O6.C18H36O2.C2H6O2.ClH.Na.H/c1-2-3-4-5-6-7-8-9-10-11-12-13-14-15-16-17-22(27)29-19-21(26)24-23(28)20(25)18-30-24;1-2-3-4-5-6-7-8-9-10-11-12-13-14-15-16-17-18(19)20;3-1-2-4;;;/h9-10,20-21,23-26,28H,2-8,11-19H2,1H3;2-17H2,1H3,(H,19,20);3-4H,1-2H2;1H;;/b10-9-;;;;;/t20-,21+,23+,24+;;;;;/m0...../s1. The molecule has 0 spiro atoms. The van der Waals surface area contributed by atoms with Crippen molar-refractivity contribution < 1.29 is 49.7 Å². The average molecular weight is 836 g/mol. The van der Waals surface area contributed by atoms with Crippen LogP contribution in [-0.4, -0.2) is 123 Å². The second-order valence-electron chi connectivity index (χ2n) is 15.0. The van der Waals surface area contributed by atoms with E-state index in [1.807, 2.05) is 0 Å². The molecule has 0 unspecified atom stereocenters. The number of hydrogen-bond donors (Lipinski definition) is 6. The third-order valence-corrected chi connectivity index (χ3v) is 9.72. The summed E-state index contributed by atoms with van der Waals surface area (Å²) in [5.41, 5.74) is 0. The van der Waals surface area contributed by atoms with Gasteiger partial charge in [-0.25, -0.2) is 0 Å². The van der Waals surface area contributed by atoms with Crippen molar-refractivity contribution in [3.63, 3.8) is 0 Å². The number of allylic oxidation sites excluding steroid dienone is 2. The van der Waals surface area contributed by atoms with Crippen molar-refractivity contribution >= 4 is 53.9 Å². The molecule has 0 aromatic rings. The Bertz CT molecular complexity index is 821. The Labute approximate surface area is 371 Å². The normalized spacial score (nSPS) is 16.5. The third kappa shape index (κ3) is 46.4. The number of halogens is 1. The van der Waals surface area contributed by atoms with E-state index >= 15 is 0 Å². The Morgan fingerprint density at radius 3 is 1.32 bits per heavy atom. The monoisotopic (exact) mass is 835 g/mol. The van der Waals surface area contributed by atoms with E-state index in [0.717, 1.165) is 38.5 Å². The number of aliphatic carboxylic acids is 1. The molecule has 1 fully saturated rings. The van der Waals surface area contributed by atoms with E-state index in [2.05, 4.69) is 26.0 Å². The van der Waals surface area contributed by atoms with Gasteiger partial charge in [0.15, 0.2) is 0 Å². The van der Waals surface area contributed by atoms with Crippen molar-refractivity contribution in [3.05, 3.63) is 12.2 Å². The topological polar surface area (TPSA) is 174 Å². The van der Waals surface area contributed by atoms with Gasteiger partial charge in [-0.1, -0.05) is 167 Å². The van der Waals surface area contributed by atoms with Crippen molar-refractivity contribution in [2.75, 3.05) is 26.4 Å². The fourth-order valence-corrected chi connectivity index (χ4v) is 6.30. The van der Waals surface area contributed by atoms with Crippen LogP contribution < -0.4 is 0 Å². The molecule has 1 saturated heterocycles. The Balaban J connectivity index is -0.000000452. The van der Waals surface area contributed by atoms with Crippen LogP contribution in [0.4, 0.5) is 0 Å². The molecule has 1 heterocycles. The molecule has 1 aliphatic heterocycles. The summed E-state index contributed by atoms with van der Waals surface area (Å²) in [6, 6.07) is 0. The van der Waals surface area contributed by atoms with Crippen molar-refractivity contribution in [2.45, 2.75) is 231 Å². The molecule has 10 nitrogen and oxygen atoms in total. The zero-order valence-electron chi connectivity index (χ0n) is 35.2. The predicted octanol–water partition coefficient (Wildman–Crippen LogP) is 9.13. The van der Waals surface area contributed by atoms with Gasteiger partial charge in [0.2, 0.25) is 0 Å². The summed E-state index contributed by atoms with van der Waals surface area (Å²) in [6.07, 6.45) is 36.7. The number of aliphatic hydroxyl groups is 5. The van der Waals surface area contributed by atoms with Gasteiger partial charge >= 0.3 is 41.5 Å². The fourth-order valence-electron chi connectivity index (χ4n) is 6.30. The molecule has 1 aliphatic rings. The quantitative estimate of drug-likeness (QED) is 0.0156. The molecule has 0 aliphatic carbocycles. The van der Waals surface area contributed by atoms with Gasteiger partial charge < -0.3 is 40.1 Å². The van der Waals surface area contributed by atoms with E-state index < -0.39 is 30.4 Å². The molecule has 56 heavy (non-hydrogen) atoms. The zero-order valence-corrected chi connectivity index (χ0v) is 36.0. The van der Waals surface area contributed by atoms with Crippen LogP contribution in [0.15, 0.2) is 12.2 Å². The second kappa shape index (κ2) is 50.9. The van der Waals surface area contributed by atoms with Crippen molar-refractivity contribution in [3.8, 4) is 0 Å². The molecular weight excluding hydrogens is 747 g/mol. The Morgan fingerprint density at radius 2 is 0.982 bits per heavy atom. The SMILES string of the molecule is CCCCCCCC/C=C\CCCCCCCC(=O)OC[C@@H](O)[C@H]1OC[C@H](O)[C@H]1O.CCCCCCCCCCCCCCCCCC(=O)O.Cl.OCCO.[NaH]. The molecule has 0 bridgehead atoms. The number of hydrogen-bond acceptors (Lipinski definition) is 9. The first-order chi connectivity index (χ1) is 26.2.